The van der Waals surface area contributed by atoms with Gasteiger partial charge in [0.05, 0.1) is 0 Å². The van der Waals surface area contributed by atoms with E-state index in [1.54, 1.807) is 12.1 Å². The zero-order valence-corrected chi connectivity index (χ0v) is 21.2. The molecule has 9 nitrogen and oxygen atoms in total. The molecule has 11 heteroatoms. The maximum absolute atomic E-state index is 12.8. The lowest BCUT2D eigenvalue weighted by molar-refractivity contribution is -0.125. The molecule has 34 heavy (non-hydrogen) atoms. The van der Waals surface area contributed by atoms with E-state index in [-0.39, 0.29) is 47.1 Å². The van der Waals surface area contributed by atoms with E-state index >= 15 is 0 Å². The molecule has 2 amide bonds. The zero-order chi connectivity index (χ0) is 25.0. The second kappa shape index (κ2) is 18.9. The minimum atomic E-state index is -0.967. The number of carbonyl (C=O) groups excluding carboxylic acids is 4. The molecule has 0 fully saturated rings. The van der Waals surface area contributed by atoms with Crippen LogP contribution in [0.15, 0.2) is 40.3 Å². The first-order chi connectivity index (χ1) is 16.5. The molecule has 1 rings (SSSR count). The molecule has 0 spiro atoms. The molecule has 1 unspecified atom stereocenters. The number of carbonyl (C=O) groups is 4. The number of benzene rings is 1. The molecule has 1 aromatic rings. The van der Waals surface area contributed by atoms with Crippen LogP contribution in [0.2, 0.25) is 0 Å². The van der Waals surface area contributed by atoms with Crippen molar-refractivity contribution in [1.29, 1.82) is 0 Å². The van der Waals surface area contributed by atoms with Crippen molar-refractivity contribution in [3.8, 4) is 0 Å². The molecule has 0 aromatic heterocycles. The van der Waals surface area contributed by atoms with Gasteiger partial charge in [-0.15, -0.1) is 0 Å². The van der Waals surface area contributed by atoms with Gasteiger partial charge in [-0.25, -0.2) is 0 Å². The summed E-state index contributed by atoms with van der Waals surface area (Å²) in [4.78, 5) is 53.0. The van der Waals surface area contributed by atoms with Crippen LogP contribution in [0.4, 0.5) is 0 Å². The van der Waals surface area contributed by atoms with Gasteiger partial charge in [0, 0.05) is 47.9 Å². The van der Waals surface area contributed by atoms with Crippen molar-refractivity contribution in [2.75, 3.05) is 18.8 Å². The van der Waals surface area contributed by atoms with E-state index in [9.17, 15) is 19.2 Å². The van der Waals surface area contributed by atoms with Crippen LogP contribution in [0.25, 0.3) is 10.4 Å². The molecule has 0 saturated carbocycles. The van der Waals surface area contributed by atoms with Crippen LogP contribution in [0.3, 0.4) is 0 Å². The predicted octanol–water partition coefficient (Wildman–Crippen LogP) is 4.62. The quantitative estimate of drug-likeness (QED) is 0.104. The number of rotatable bonds is 17. The maximum atomic E-state index is 12.8. The molecule has 0 saturated heterocycles. The Labute approximate surface area is 209 Å². The maximum Gasteiger partial charge on any atom is 0.220 e. The Kier molecular flexibility index (Phi) is 16.4. The number of unbranched alkanes of at least 4 members (excludes halogenated alkanes) is 3. The van der Waals surface area contributed by atoms with Gasteiger partial charge in [-0.3, -0.25) is 19.2 Å². The third kappa shape index (κ3) is 14.6. The van der Waals surface area contributed by atoms with Gasteiger partial charge >= 0.3 is 0 Å². The minimum absolute atomic E-state index is 0.118. The Hall–Kier alpha value is -2.49. The fourth-order valence-corrected chi connectivity index (χ4v) is 4.48. The van der Waals surface area contributed by atoms with Crippen molar-refractivity contribution in [3.05, 3.63) is 40.8 Å². The number of thioether (sulfide) groups is 2. The summed E-state index contributed by atoms with van der Waals surface area (Å²) >= 11 is 1.97. The average molecular weight is 508 g/mol. The Morgan fingerprint density at radius 2 is 1.79 bits per heavy atom. The van der Waals surface area contributed by atoms with Crippen LogP contribution in [0, 0.1) is 0 Å². The first-order valence-electron chi connectivity index (χ1n) is 11.5. The topological polar surface area (TPSA) is 141 Å². The van der Waals surface area contributed by atoms with Crippen molar-refractivity contribution < 1.29 is 19.2 Å². The molecule has 1 atom stereocenters. The van der Waals surface area contributed by atoms with Gasteiger partial charge in [-0.05, 0) is 36.9 Å². The number of hydrogen-bond donors (Lipinski definition) is 2. The monoisotopic (exact) mass is 507 g/mol. The van der Waals surface area contributed by atoms with Crippen molar-refractivity contribution >= 4 is 45.6 Å². The summed E-state index contributed by atoms with van der Waals surface area (Å²) < 4.78 is 0. The third-order valence-electron chi connectivity index (χ3n) is 4.62. The van der Waals surface area contributed by atoms with Gasteiger partial charge < -0.3 is 10.6 Å². The van der Waals surface area contributed by atoms with Crippen molar-refractivity contribution in [3.63, 3.8) is 0 Å². The van der Waals surface area contributed by atoms with E-state index in [4.69, 9.17) is 5.53 Å². The highest BCUT2D eigenvalue weighted by molar-refractivity contribution is 8.14. The molecule has 0 radical (unpaired) electrons. The smallest absolute Gasteiger partial charge is 0.220 e. The van der Waals surface area contributed by atoms with Crippen LogP contribution in [-0.4, -0.2) is 46.9 Å². The van der Waals surface area contributed by atoms with Gasteiger partial charge in [0.25, 0.3) is 0 Å². The second-order valence-electron chi connectivity index (χ2n) is 7.50. The molecule has 0 heterocycles. The van der Waals surface area contributed by atoms with Crippen molar-refractivity contribution in [1.82, 2.24) is 10.6 Å². The van der Waals surface area contributed by atoms with Gasteiger partial charge in [0.2, 0.25) is 16.9 Å². The molecule has 0 aliphatic rings. The van der Waals surface area contributed by atoms with Gasteiger partial charge in [0.15, 0.2) is 5.12 Å². The van der Waals surface area contributed by atoms with E-state index < -0.39 is 6.04 Å². The fraction of sp³-hybridized carbons (Fsp3) is 0.565. The van der Waals surface area contributed by atoms with E-state index in [0.717, 1.165) is 47.7 Å². The normalized spacial score (nSPS) is 11.2. The first kappa shape index (κ1) is 29.5. The molecule has 0 aliphatic carbocycles. The summed E-state index contributed by atoms with van der Waals surface area (Å²) in [7, 11) is 0. The van der Waals surface area contributed by atoms with Gasteiger partial charge in [0.1, 0.15) is 6.04 Å². The Bertz CT molecular complexity index is 832. The molecular weight excluding hydrogens is 474 g/mol. The van der Waals surface area contributed by atoms with E-state index in [2.05, 4.69) is 27.6 Å². The average Bonchev–Trinajstić information content (AvgIpc) is 2.82. The van der Waals surface area contributed by atoms with Gasteiger partial charge in [-0.2, -0.15) is 0 Å². The van der Waals surface area contributed by atoms with Crippen LogP contribution >= 0.6 is 23.5 Å². The highest BCUT2D eigenvalue weighted by Crippen LogP contribution is 2.22. The number of hydrogen-bond acceptors (Lipinski definition) is 7. The van der Waals surface area contributed by atoms with E-state index in [0.29, 0.717) is 25.9 Å². The number of nitrogens with zero attached hydrogens (tertiary/aromatic N) is 3. The molecule has 2 N–H and O–H groups in total. The lowest BCUT2D eigenvalue weighted by Crippen LogP contribution is -2.41. The molecule has 186 valence electrons. The molecule has 1 aromatic carbocycles. The zero-order valence-electron chi connectivity index (χ0n) is 19.5. The van der Waals surface area contributed by atoms with Crippen molar-refractivity contribution in [2.45, 2.75) is 69.2 Å². The summed E-state index contributed by atoms with van der Waals surface area (Å²) in [6.45, 7) is 3.01. The van der Waals surface area contributed by atoms with Crippen LogP contribution < -0.4 is 10.6 Å². The van der Waals surface area contributed by atoms with Crippen LogP contribution in [-0.2, 0) is 19.2 Å². The Balaban J connectivity index is 2.57. The Morgan fingerprint density at radius 3 is 2.50 bits per heavy atom. The first-order valence-corrected chi connectivity index (χ1v) is 13.3. The van der Waals surface area contributed by atoms with E-state index in [1.165, 1.54) is 0 Å². The summed E-state index contributed by atoms with van der Waals surface area (Å²) in [5.41, 5.74) is 8.29. The minimum Gasteiger partial charge on any atom is -0.356 e. The predicted molar refractivity (Wildman–Crippen MR) is 136 cm³/mol. The standard InChI is InChI=1S/C23H33N5O4S2/c1-2-3-8-14-25-20(29)13-16-33-23(32)19(27-21(30)12-7-9-15-26-28-24)17-22(31)34-18-10-5-4-6-11-18/h4-6,10-11,19H,2-3,7-9,12-17H2,1H3,(H,25,29)(H,27,30). The Morgan fingerprint density at radius 1 is 1.03 bits per heavy atom. The number of azide groups is 1. The summed E-state index contributed by atoms with van der Waals surface area (Å²) in [6, 6.07) is 8.12. The van der Waals surface area contributed by atoms with Crippen LogP contribution in [0.5, 0.6) is 0 Å². The SMILES string of the molecule is CCCCCNC(=O)CCSC(=O)C(CC(=O)Sc1ccccc1)NC(=O)CCCCN=[N+]=[N-]. The second-order valence-corrected chi connectivity index (χ2v) is 9.73. The molecule has 0 bridgehead atoms. The van der Waals surface area contributed by atoms with Crippen LogP contribution in [0.1, 0.15) is 58.3 Å². The largest absolute Gasteiger partial charge is 0.356 e. The highest BCUT2D eigenvalue weighted by atomic mass is 32.2. The van der Waals surface area contributed by atoms with Crippen molar-refractivity contribution in [2.24, 2.45) is 5.11 Å². The van der Waals surface area contributed by atoms with Gasteiger partial charge in [-0.1, -0.05) is 66.6 Å². The summed E-state index contributed by atoms with van der Waals surface area (Å²) in [5.74, 6) is -0.185. The molecule has 0 aliphatic heterocycles. The lowest BCUT2D eigenvalue weighted by atomic mass is 10.2. The summed E-state index contributed by atoms with van der Waals surface area (Å²) in [5, 5.41) is 8.34. The third-order valence-corrected chi connectivity index (χ3v) is 6.50. The number of nitrogens with one attached hydrogen (secondary N) is 2. The van der Waals surface area contributed by atoms with E-state index in [1.807, 2.05) is 18.2 Å². The number of amides is 2. The highest BCUT2D eigenvalue weighted by Gasteiger charge is 2.24. The molecular formula is C23H33N5O4S2. The lowest BCUT2D eigenvalue weighted by Gasteiger charge is -2.16. The fourth-order valence-electron chi connectivity index (χ4n) is 2.84. The summed E-state index contributed by atoms with van der Waals surface area (Å²) in [6.07, 6.45) is 4.32.